The Bertz CT molecular complexity index is 452. The highest BCUT2D eigenvalue weighted by Crippen LogP contribution is 2.22. The summed E-state index contributed by atoms with van der Waals surface area (Å²) in [5.74, 6) is -0.586. The van der Waals surface area contributed by atoms with Gasteiger partial charge in [0, 0.05) is 19.6 Å². The zero-order valence-corrected chi connectivity index (χ0v) is 11.8. The first kappa shape index (κ1) is 14.9. The number of aromatic nitrogens is 1. The predicted molar refractivity (Wildman–Crippen MR) is 72.6 cm³/mol. The summed E-state index contributed by atoms with van der Waals surface area (Å²) in [5, 5.41) is 3.20. The Kier molecular flexibility index (Phi) is 5.03. The maximum atomic E-state index is 12.9. The van der Waals surface area contributed by atoms with Crippen molar-refractivity contribution in [3.8, 4) is 0 Å². The van der Waals surface area contributed by atoms with Gasteiger partial charge in [0.05, 0.1) is 24.5 Å². The van der Waals surface area contributed by atoms with Crippen molar-refractivity contribution in [1.82, 2.24) is 15.2 Å². The molecule has 1 fully saturated rings. The number of carbonyl (C=O) groups excluding carboxylic acids is 1. The first-order valence-corrected chi connectivity index (χ1v) is 6.88. The molecular weight excluding hydrogens is 261 g/mol. The molecule has 0 saturated carbocycles. The zero-order valence-electron chi connectivity index (χ0n) is 11.8. The lowest BCUT2D eigenvalue weighted by molar-refractivity contribution is -0.151. The third-order valence-electron chi connectivity index (χ3n) is 3.52. The standard InChI is InChI=1S/C14H20FN3O2/c1-3-20-14(19)13-9-16-6-7-18(13)10(2)12-5-4-11(15)8-17-12/h4-5,8,10,13,16H,3,6-7,9H2,1-2H3. The summed E-state index contributed by atoms with van der Waals surface area (Å²) in [5.41, 5.74) is 0.752. The molecule has 2 unspecified atom stereocenters. The molecule has 1 aliphatic heterocycles. The number of esters is 1. The van der Waals surface area contributed by atoms with E-state index in [1.807, 2.05) is 6.92 Å². The van der Waals surface area contributed by atoms with E-state index in [-0.39, 0.29) is 23.9 Å². The quantitative estimate of drug-likeness (QED) is 0.838. The first-order chi connectivity index (χ1) is 9.63. The van der Waals surface area contributed by atoms with Crippen LogP contribution in [0.5, 0.6) is 0 Å². The summed E-state index contributed by atoms with van der Waals surface area (Å²) in [6, 6.07) is 2.66. The summed E-state index contributed by atoms with van der Waals surface area (Å²) >= 11 is 0. The SMILES string of the molecule is CCOC(=O)C1CNCCN1C(C)c1ccc(F)cn1. The third-order valence-corrected chi connectivity index (χ3v) is 3.52. The maximum Gasteiger partial charge on any atom is 0.324 e. The number of pyridine rings is 1. The number of ether oxygens (including phenoxy) is 1. The van der Waals surface area contributed by atoms with E-state index in [0.29, 0.717) is 13.2 Å². The summed E-state index contributed by atoms with van der Waals surface area (Å²) in [6.07, 6.45) is 1.20. The lowest BCUT2D eigenvalue weighted by Crippen LogP contribution is -2.56. The molecule has 0 amide bonds. The van der Waals surface area contributed by atoms with E-state index in [0.717, 1.165) is 18.8 Å². The number of piperazine rings is 1. The van der Waals surface area contributed by atoms with Crippen molar-refractivity contribution in [2.24, 2.45) is 0 Å². The molecule has 0 radical (unpaired) electrons. The fourth-order valence-corrected chi connectivity index (χ4v) is 2.45. The minimum atomic E-state index is -0.358. The van der Waals surface area contributed by atoms with E-state index >= 15 is 0 Å². The Labute approximate surface area is 118 Å². The van der Waals surface area contributed by atoms with Crippen LogP contribution in [0.15, 0.2) is 18.3 Å². The van der Waals surface area contributed by atoms with Gasteiger partial charge in [-0.15, -0.1) is 0 Å². The fraction of sp³-hybridized carbons (Fsp3) is 0.571. The Morgan fingerprint density at radius 1 is 1.65 bits per heavy atom. The van der Waals surface area contributed by atoms with Crippen molar-refractivity contribution >= 4 is 5.97 Å². The van der Waals surface area contributed by atoms with Crippen LogP contribution in [0, 0.1) is 5.82 Å². The summed E-state index contributed by atoms with van der Waals surface area (Å²) in [6.45, 7) is 6.23. The van der Waals surface area contributed by atoms with Crippen LogP contribution in [-0.4, -0.2) is 48.1 Å². The van der Waals surface area contributed by atoms with E-state index in [1.54, 1.807) is 13.0 Å². The van der Waals surface area contributed by atoms with Gasteiger partial charge in [0.2, 0.25) is 0 Å². The van der Waals surface area contributed by atoms with Crippen molar-refractivity contribution in [3.63, 3.8) is 0 Å². The zero-order chi connectivity index (χ0) is 14.5. The van der Waals surface area contributed by atoms with Crippen molar-refractivity contribution < 1.29 is 13.9 Å². The van der Waals surface area contributed by atoms with Crippen molar-refractivity contribution in [2.75, 3.05) is 26.2 Å². The van der Waals surface area contributed by atoms with Crippen LogP contribution in [0.3, 0.4) is 0 Å². The molecule has 1 saturated heterocycles. The number of hydrogen-bond donors (Lipinski definition) is 1. The van der Waals surface area contributed by atoms with Gasteiger partial charge in [-0.1, -0.05) is 0 Å². The van der Waals surface area contributed by atoms with Gasteiger partial charge in [0.25, 0.3) is 0 Å². The second kappa shape index (κ2) is 6.76. The number of hydrogen-bond acceptors (Lipinski definition) is 5. The highest BCUT2D eigenvalue weighted by Gasteiger charge is 2.33. The molecule has 6 heteroatoms. The number of nitrogens with zero attached hydrogens (tertiary/aromatic N) is 2. The van der Waals surface area contributed by atoms with Gasteiger partial charge in [0.15, 0.2) is 0 Å². The molecule has 1 aromatic rings. The third kappa shape index (κ3) is 3.32. The van der Waals surface area contributed by atoms with Gasteiger partial charge in [-0.3, -0.25) is 14.7 Å². The Morgan fingerprint density at radius 3 is 3.10 bits per heavy atom. The monoisotopic (exact) mass is 281 g/mol. The van der Waals surface area contributed by atoms with Crippen LogP contribution >= 0.6 is 0 Å². The molecule has 0 bridgehead atoms. The minimum absolute atomic E-state index is 0.0629. The average molecular weight is 281 g/mol. The molecule has 2 rings (SSSR count). The van der Waals surface area contributed by atoms with Gasteiger partial charge >= 0.3 is 5.97 Å². The summed E-state index contributed by atoms with van der Waals surface area (Å²) < 4.78 is 18.1. The van der Waals surface area contributed by atoms with Crippen LogP contribution in [0.4, 0.5) is 4.39 Å². The molecule has 0 aromatic carbocycles. The van der Waals surface area contributed by atoms with Crippen molar-refractivity contribution in [1.29, 1.82) is 0 Å². The van der Waals surface area contributed by atoms with Gasteiger partial charge in [-0.05, 0) is 26.0 Å². The van der Waals surface area contributed by atoms with Crippen molar-refractivity contribution in [2.45, 2.75) is 25.9 Å². The number of rotatable bonds is 4. The van der Waals surface area contributed by atoms with E-state index in [1.165, 1.54) is 12.3 Å². The number of halogens is 1. The molecule has 110 valence electrons. The number of carbonyl (C=O) groups is 1. The topological polar surface area (TPSA) is 54.5 Å². The van der Waals surface area contributed by atoms with Gasteiger partial charge in [-0.2, -0.15) is 0 Å². The average Bonchev–Trinajstić information content (AvgIpc) is 2.47. The Balaban J connectivity index is 2.14. The molecular formula is C14H20FN3O2. The minimum Gasteiger partial charge on any atom is -0.465 e. The molecule has 1 aliphatic rings. The van der Waals surface area contributed by atoms with Gasteiger partial charge in [0.1, 0.15) is 11.9 Å². The van der Waals surface area contributed by atoms with E-state index in [9.17, 15) is 9.18 Å². The van der Waals surface area contributed by atoms with Crippen LogP contribution in [0.1, 0.15) is 25.6 Å². The second-order valence-electron chi connectivity index (χ2n) is 4.79. The van der Waals surface area contributed by atoms with E-state index in [4.69, 9.17) is 4.74 Å². The normalized spacial score (nSPS) is 21.4. The van der Waals surface area contributed by atoms with Crippen molar-refractivity contribution in [3.05, 3.63) is 29.8 Å². The smallest absolute Gasteiger partial charge is 0.324 e. The fourth-order valence-electron chi connectivity index (χ4n) is 2.45. The Morgan fingerprint density at radius 2 is 2.45 bits per heavy atom. The van der Waals surface area contributed by atoms with Gasteiger partial charge < -0.3 is 10.1 Å². The number of nitrogens with one attached hydrogen (secondary N) is 1. The molecule has 1 aromatic heterocycles. The highest BCUT2D eigenvalue weighted by molar-refractivity contribution is 5.76. The first-order valence-electron chi connectivity index (χ1n) is 6.88. The largest absolute Gasteiger partial charge is 0.465 e. The predicted octanol–water partition coefficient (Wildman–Crippen LogP) is 1.12. The molecule has 0 spiro atoms. The van der Waals surface area contributed by atoms with E-state index < -0.39 is 0 Å². The second-order valence-corrected chi connectivity index (χ2v) is 4.79. The van der Waals surface area contributed by atoms with Crippen LogP contribution in [0.2, 0.25) is 0 Å². The van der Waals surface area contributed by atoms with Crippen LogP contribution < -0.4 is 5.32 Å². The summed E-state index contributed by atoms with van der Waals surface area (Å²) in [4.78, 5) is 18.2. The molecule has 2 heterocycles. The lowest BCUT2D eigenvalue weighted by Gasteiger charge is -2.38. The van der Waals surface area contributed by atoms with Crippen LogP contribution in [-0.2, 0) is 9.53 Å². The van der Waals surface area contributed by atoms with E-state index in [2.05, 4.69) is 15.2 Å². The summed E-state index contributed by atoms with van der Waals surface area (Å²) in [7, 11) is 0. The van der Waals surface area contributed by atoms with Crippen LogP contribution in [0.25, 0.3) is 0 Å². The maximum absolute atomic E-state index is 12.9. The highest BCUT2D eigenvalue weighted by atomic mass is 19.1. The lowest BCUT2D eigenvalue weighted by atomic mass is 10.1. The molecule has 2 atom stereocenters. The molecule has 5 nitrogen and oxygen atoms in total. The molecule has 1 N–H and O–H groups in total. The van der Waals surface area contributed by atoms with Gasteiger partial charge in [-0.25, -0.2) is 4.39 Å². The molecule has 0 aliphatic carbocycles. The molecule has 20 heavy (non-hydrogen) atoms. The Hall–Kier alpha value is -1.53.